The van der Waals surface area contributed by atoms with E-state index in [2.05, 4.69) is 25.7 Å². The van der Waals surface area contributed by atoms with Crippen molar-refractivity contribution < 1.29 is 0 Å². The van der Waals surface area contributed by atoms with Crippen LogP contribution in [0.5, 0.6) is 0 Å². The Labute approximate surface area is 95.2 Å². The average Bonchev–Trinajstić information content (AvgIpc) is 2.27. The van der Waals surface area contributed by atoms with Crippen molar-refractivity contribution in [1.29, 1.82) is 0 Å². The third-order valence-electron chi connectivity index (χ3n) is 3.94. The monoisotopic (exact) mass is 212 g/mol. The van der Waals surface area contributed by atoms with Crippen molar-refractivity contribution in [3.63, 3.8) is 0 Å². The third kappa shape index (κ3) is 3.46. The molecule has 2 heteroatoms. The Morgan fingerprint density at radius 3 is 2.47 bits per heavy atom. The van der Waals surface area contributed by atoms with Crippen molar-refractivity contribution in [2.45, 2.75) is 65.0 Å². The molecule has 0 amide bonds. The number of nitrogens with two attached hydrogens (primary N) is 1. The summed E-state index contributed by atoms with van der Waals surface area (Å²) in [6, 6.07) is 1.06. The maximum absolute atomic E-state index is 6.26. The Hall–Kier alpha value is -0.0800. The molecule has 3 unspecified atom stereocenters. The first-order valence-corrected chi connectivity index (χ1v) is 6.72. The van der Waals surface area contributed by atoms with Gasteiger partial charge in [-0.05, 0) is 44.7 Å². The number of hydrogen-bond acceptors (Lipinski definition) is 2. The molecule has 3 atom stereocenters. The SMILES string of the molecule is CCCN(CC)C1CC(CC)CCC1N. The summed E-state index contributed by atoms with van der Waals surface area (Å²) in [6.07, 6.45) is 6.47. The van der Waals surface area contributed by atoms with E-state index in [1.54, 1.807) is 0 Å². The molecule has 0 spiro atoms. The smallest absolute Gasteiger partial charge is 0.0249 e. The van der Waals surface area contributed by atoms with Crippen LogP contribution < -0.4 is 5.73 Å². The van der Waals surface area contributed by atoms with E-state index in [0.29, 0.717) is 12.1 Å². The molecule has 0 heterocycles. The number of likely N-dealkylation sites (N-methyl/N-ethyl adjacent to an activating group) is 1. The van der Waals surface area contributed by atoms with E-state index in [1.807, 2.05) is 0 Å². The van der Waals surface area contributed by atoms with Crippen molar-refractivity contribution in [3.05, 3.63) is 0 Å². The van der Waals surface area contributed by atoms with Gasteiger partial charge in [-0.25, -0.2) is 0 Å². The minimum absolute atomic E-state index is 0.416. The summed E-state index contributed by atoms with van der Waals surface area (Å²) < 4.78 is 0. The largest absolute Gasteiger partial charge is 0.326 e. The normalized spacial score (nSPS) is 32.2. The van der Waals surface area contributed by atoms with Gasteiger partial charge in [-0.3, -0.25) is 4.90 Å². The van der Waals surface area contributed by atoms with Gasteiger partial charge in [0.1, 0.15) is 0 Å². The quantitative estimate of drug-likeness (QED) is 0.759. The molecule has 90 valence electrons. The average molecular weight is 212 g/mol. The molecule has 1 fully saturated rings. The van der Waals surface area contributed by atoms with Crippen molar-refractivity contribution >= 4 is 0 Å². The summed E-state index contributed by atoms with van der Waals surface area (Å²) in [5.74, 6) is 0.917. The van der Waals surface area contributed by atoms with Gasteiger partial charge in [0.15, 0.2) is 0 Å². The molecule has 15 heavy (non-hydrogen) atoms. The summed E-state index contributed by atoms with van der Waals surface area (Å²) in [7, 11) is 0. The van der Waals surface area contributed by atoms with Gasteiger partial charge in [-0.2, -0.15) is 0 Å². The molecule has 1 rings (SSSR count). The number of rotatable bonds is 5. The van der Waals surface area contributed by atoms with Crippen LogP contribution >= 0.6 is 0 Å². The Kier molecular flexibility index (Phi) is 5.62. The van der Waals surface area contributed by atoms with E-state index in [0.717, 1.165) is 12.5 Å². The highest BCUT2D eigenvalue weighted by Crippen LogP contribution is 2.29. The molecule has 1 saturated carbocycles. The lowest BCUT2D eigenvalue weighted by Crippen LogP contribution is -2.51. The van der Waals surface area contributed by atoms with Gasteiger partial charge in [0, 0.05) is 12.1 Å². The highest BCUT2D eigenvalue weighted by Gasteiger charge is 2.30. The van der Waals surface area contributed by atoms with Gasteiger partial charge < -0.3 is 5.73 Å². The van der Waals surface area contributed by atoms with Crippen LogP contribution in [0.15, 0.2) is 0 Å². The van der Waals surface area contributed by atoms with E-state index < -0.39 is 0 Å². The van der Waals surface area contributed by atoms with E-state index in [-0.39, 0.29) is 0 Å². The summed E-state index contributed by atoms with van der Waals surface area (Å²) in [4.78, 5) is 2.59. The Morgan fingerprint density at radius 1 is 1.20 bits per heavy atom. The van der Waals surface area contributed by atoms with Gasteiger partial charge in [0.05, 0.1) is 0 Å². The van der Waals surface area contributed by atoms with Crippen molar-refractivity contribution in [3.8, 4) is 0 Å². The maximum Gasteiger partial charge on any atom is 0.0249 e. The second-order valence-corrected chi connectivity index (χ2v) is 4.95. The van der Waals surface area contributed by atoms with Crippen molar-refractivity contribution in [2.24, 2.45) is 11.7 Å². The number of nitrogens with zero attached hydrogens (tertiary/aromatic N) is 1. The molecule has 0 aromatic carbocycles. The van der Waals surface area contributed by atoms with Gasteiger partial charge in [0.25, 0.3) is 0 Å². The van der Waals surface area contributed by atoms with Crippen LogP contribution in [0.4, 0.5) is 0 Å². The van der Waals surface area contributed by atoms with Crippen LogP contribution in [-0.2, 0) is 0 Å². The molecule has 1 aliphatic rings. The Balaban J connectivity index is 2.54. The van der Waals surface area contributed by atoms with Gasteiger partial charge in [0.2, 0.25) is 0 Å². The molecular formula is C13H28N2. The molecule has 0 aliphatic heterocycles. The first-order valence-electron chi connectivity index (χ1n) is 6.72. The lowest BCUT2D eigenvalue weighted by atomic mass is 9.80. The molecule has 2 N–H and O–H groups in total. The molecule has 0 aromatic heterocycles. The molecule has 0 aromatic rings. The van der Waals surface area contributed by atoms with Crippen LogP contribution in [0, 0.1) is 5.92 Å². The first-order chi connectivity index (χ1) is 7.22. The molecule has 0 bridgehead atoms. The molecule has 0 saturated heterocycles. The van der Waals surface area contributed by atoms with Gasteiger partial charge >= 0.3 is 0 Å². The predicted molar refractivity (Wildman–Crippen MR) is 66.9 cm³/mol. The highest BCUT2D eigenvalue weighted by atomic mass is 15.2. The van der Waals surface area contributed by atoms with Crippen molar-refractivity contribution in [1.82, 2.24) is 4.90 Å². The highest BCUT2D eigenvalue weighted by molar-refractivity contribution is 4.88. The standard InChI is InChI=1S/C13H28N2/c1-4-9-15(6-3)13-10-11(5-2)7-8-12(13)14/h11-13H,4-10,14H2,1-3H3. The molecular weight excluding hydrogens is 184 g/mol. The van der Waals surface area contributed by atoms with E-state index in [4.69, 9.17) is 5.73 Å². The zero-order valence-corrected chi connectivity index (χ0v) is 10.7. The zero-order chi connectivity index (χ0) is 11.3. The second-order valence-electron chi connectivity index (χ2n) is 4.95. The zero-order valence-electron chi connectivity index (χ0n) is 10.7. The lowest BCUT2D eigenvalue weighted by molar-refractivity contribution is 0.115. The second kappa shape index (κ2) is 6.49. The topological polar surface area (TPSA) is 29.3 Å². The van der Waals surface area contributed by atoms with Gasteiger partial charge in [-0.15, -0.1) is 0 Å². The van der Waals surface area contributed by atoms with Gasteiger partial charge in [-0.1, -0.05) is 27.2 Å². The van der Waals surface area contributed by atoms with Crippen LogP contribution in [0.3, 0.4) is 0 Å². The maximum atomic E-state index is 6.26. The predicted octanol–water partition coefficient (Wildman–Crippen LogP) is 2.62. The minimum Gasteiger partial charge on any atom is -0.326 e. The fourth-order valence-corrected chi connectivity index (χ4v) is 2.89. The summed E-state index contributed by atoms with van der Waals surface area (Å²) in [6.45, 7) is 9.20. The van der Waals surface area contributed by atoms with Crippen LogP contribution in [0.1, 0.15) is 52.9 Å². The summed E-state index contributed by atoms with van der Waals surface area (Å²) in [5, 5.41) is 0. The summed E-state index contributed by atoms with van der Waals surface area (Å²) in [5.41, 5.74) is 6.26. The van der Waals surface area contributed by atoms with E-state index >= 15 is 0 Å². The molecule has 2 nitrogen and oxygen atoms in total. The lowest BCUT2D eigenvalue weighted by Gasteiger charge is -2.40. The van der Waals surface area contributed by atoms with Crippen molar-refractivity contribution in [2.75, 3.05) is 13.1 Å². The molecule has 0 radical (unpaired) electrons. The van der Waals surface area contributed by atoms with E-state index in [1.165, 1.54) is 38.6 Å². The first kappa shape index (κ1) is 13.0. The van der Waals surface area contributed by atoms with Crippen LogP contribution in [0.2, 0.25) is 0 Å². The van der Waals surface area contributed by atoms with Crippen LogP contribution in [-0.4, -0.2) is 30.1 Å². The Bertz CT molecular complexity index is 170. The van der Waals surface area contributed by atoms with Crippen LogP contribution in [0.25, 0.3) is 0 Å². The fraction of sp³-hybridized carbons (Fsp3) is 1.00. The molecule has 1 aliphatic carbocycles. The third-order valence-corrected chi connectivity index (χ3v) is 3.94. The fourth-order valence-electron chi connectivity index (χ4n) is 2.89. The number of hydrogen-bond donors (Lipinski definition) is 1. The Morgan fingerprint density at radius 2 is 1.93 bits per heavy atom. The minimum atomic E-state index is 0.416. The van der Waals surface area contributed by atoms with E-state index in [9.17, 15) is 0 Å². The summed E-state index contributed by atoms with van der Waals surface area (Å²) >= 11 is 0.